The molecule has 0 atom stereocenters. The first-order chi connectivity index (χ1) is 12.0. The van der Waals surface area contributed by atoms with Crippen LogP contribution in [0.1, 0.15) is 23.3 Å². The number of sulfonamides is 1. The van der Waals surface area contributed by atoms with Crippen LogP contribution in [0, 0.1) is 0 Å². The minimum absolute atomic E-state index is 0.0385. The second kappa shape index (κ2) is 7.07. The van der Waals surface area contributed by atoms with Crippen LogP contribution >= 0.6 is 0 Å². The molecule has 1 saturated heterocycles. The molecule has 0 spiro atoms. The van der Waals surface area contributed by atoms with E-state index in [1.165, 1.54) is 17.6 Å². The summed E-state index contributed by atoms with van der Waals surface area (Å²) in [6.45, 7) is 1.60. The van der Waals surface area contributed by atoms with E-state index in [9.17, 15) is 13.2 Å². The summed E-state index contributed by atoms with van der Waals surface area (Å²) in [6.07, 6.45) is 2.98. The van der Waals surface area contributed by atoms with Crippen molar-refractivity contribution in [2.75, 3.05) is 27.2 Å². The molecule has 3 rings (SSSR count). The minimum Gasteiger partial charge on any atom is -0.464 e. The molecular formula is C17H21N3O4S. The number of esters is 1. The lowest BCUT2D eigenvalue weighted by Gasteiger charge is -2.31. The van der Waals surface area contributed by atoms with Crippen LogP contribution in [0.3, 0.4) is 0 Å². The fraction of sp³-hybridized carbons (Fsp3) is 0.412. The van der Waals surface area contributed by atoms with Crippen molar-refractivity contribution >= 4 is 26.8 Å². The zero-order chi connectivity index (χ0) is 18.0. The van der Waals surface area contributed by atoms with E-state index in [-0.39, 0.29) is 16.6 Å². The molecule has 0 bridgehead atoms. The Morgan fingerprint density at radius 1 is 1.24 bits per heavy atom. The number of methoxy groups -OCH3 is 1. The zero-order valence-electron chi connectivity index (χ0n) is 14.2. The van der Waals surface area contributed by atoms with Gasteiger partial charge in [0.2, 0.25) is 10.0 Å². The fourth-order valence-corrected chi connectivity index (χ4v) is 4.80. The molecule has 0 unspecified atom stereocenters. The van der Waals surface area contributed by atoms with Crippen molar-refractivity contribution in [3.8, 4) is 0 Å². The van der Waals surface area contributed by atoms with E-state index in [0.29, 0.717) is 10.8 Å². The summed E-state index contributed by atoms with van der Waals surface area (Å²) in [5.41, 5.74) is 0.113. The predicted octanol–water partition coefficient (Wildman–Crippen LogP) is 1.39. The molecule has 1 aliphatic rings. The number of hydrogen-bond donors (Lipinski definition) is 1. The molecule has 0 radical (unpaired) electrons. The molecule has 1 aromatic carbocycles. The van der Waals surface area contributed by atoms with Gasteiger partial charge in [0.25, 0.3) is 0 Å². The van der Waals surface area contributed by atoms with Crippen LogP contribution in [-0.4, -0.2) is 57.0 Å². The molecule has 0 amide bonds. The first-order valence-corrected chi connectivity index (χ1v) is 9.55. The van der Waals surface area contributed by atoms with E-state index in [1.54, 1.807) is 31.3 Å². The molecule has 0 aliphatic carbocycles. The number of piperidine rings is 1. The zero-order valence-corrected chi connectivity index (χ0v) is 15.0. The fourth-order valence-electron chi connectivity index (χ4n) is 3.18. The second-order valence-corrected chi connectivity index (χ2v) is 7.97. The number of benzene rings is 1. The number of carbonyl (C=O) groups excluding carboxylic acids is 1. The first-order valence-electron chi connectivity index (χ1n) is 8.11. The van der Waals surface area contributed by atoms with Crippen LogP contribution < -0.4 is 5.32 Å². The lowest BCUT2D eigenvalue weighted by molar-refractivity contribution is 0.0596. The molecule has 134 valence electrons. The average Bonchev–Trinajstić information content (AvgIpc) is 2.66. The number of carbonyl (C=O) groups is 1. The van der Waals surface area contributed by atoms with Gasteiger partial charge in [-0.2, -0.15) is 4.31 Å². The average molecular weight is 363 g/mol. The van der Waals surface area contributed by atoms with Gasteiger partial charge in [-0.3, -0.25) is 0 Å². The molecule has 8 heteroatoms. The molecule has 1 aromatic heterocycles. The van der Waals surface area contributed by atoms with Crippen molar-refractivity contribution in [1.29, 1.82) is 0 Å². The van der Waals surface area contributed by atoms with Crippen LogP contribution in [0.4, 0.5) is 0 Å². The normalized spacial score (nSPS) is 16.3. The Morgan fingerprint density at radius 3 is 2.64 bits per heavy atom. The lowest BCUT2D eigenvalue weighted by atomic mass is 10.1. The molecule has 1 fully saturated rings. The summed E-state index contributed by atoms with van der Waals surface area (Å²) in [6, 6.07) is 6.45. The smallest absolute Gasteiger partial charge is 0.357 e. The molecule has 2 heterocycles. The van der Waals surface area contributed by atoms with Crippen LogP contribution in [0.25, 0.3) is 10.8 Å². The molecule has 0 saturated carbocycles. The second-order valence-electron chi connectivity index (χ2n) is 6.00. The van der Waals surface area contributed by atoms with Crippen molar-refractivity contribution < 1.29 is 17.9 Å². The Kier molecular flexibility index (Phi) is 5.03. The SMILES string of the molecule is COC(=O)c1nccc2c(S(=O)(=O)N(C)C3CCNCC3)cccc12. The van der Waals surface area contributed by atoms with Gasteiger partial charge in [-0.05, 0) is 38.1 Å². The van der Waals surface area contributed by atoms with Gasteiger partial charge < -0.3 is 10.1 Å². The number of fused-ring (bicyclic) bond motifs is 1. The van der Waals surface area contributed by atoms with Crippen molar-refractivity contribution in [1.82, 2.24) is 14.6 Å². The van der Waals surface area contributed by atoms with Gasteiger partial charge in [0, 0.05) is 30.1 Å². The third kappa shape index (κ3) is 3.24. The van der Waals surface area contributed by atoms with E-state index in [4.69, 9.17) is 4.74 Å². The Labute approximate surface area is 147 Å². The maximum atomic E-state index is 13.2. The van der Waals surface area contributed by atoms with Crippen molar-refractivity contribution in [2.45, 2.75) is 23.8 Å². The minimum atomic E-state index is -3.69. The summed E-state index contributed by atoms with van der Waals surface area (Å²) in [5.74, 6) is -0.591. The maximum absolute atomic E-state index is 13.2. The monoisotopic (exact) mass is 363 g/mol. The number of ether oxygens (including phenoxy) is 1. The Balaban J connectivity index is 2.10. The summed E-state index contributed by atoms with van der Waals surface area (Å²) < 4.78 is 32.5. The summed E-state index contributed by atoms with van der Waals surface area (Å²) >= 11 is 0. The summed E-state index contributed by atoms with van der Waals surface area (Å²) in [4.78, 5) is 16.1. The van der Waals surface area contributed by atoms with E-state index in [0.717, 1.165) is 25.9 Å². The molecular weight excluding hydrogens is 342 g/mol. The number of nitrogens with zero attached hydrogens (tertiary/aromatic N) is 2. The van der Waals surface area contributed by atoms with Gasteiger partial charge in [0.15, 0.2) is 5.69 Å². The molecule has 1 aliphatic heterocycles. The number of nitrogens with one attached hydrogen (secondary N) is 1. The number of hydrogen-bond acceptors (Lipinski definition) is 6. The van der Waals surface area contributed by atoms with E-state index in [1.807, 2.05) is 0 Å². The molecule has 1 N–H and O–H groups in total. The standard InChI is InChI=1S/C17H21N3O4S/c1-20(12-6-9-18-10-7-12)25(22,23)15-5-3-4-14-13(15)8-11-19-16(14)17(21)24-2/h3-5,8,11-12,18H,6-7,9-10H2,1-2H3. The van der Waals surface area contributed by atoms with Crippen LogP contribution in [0.15, 0.2) is 35.4 Å². The molecule has 2 aromatic rings. The van der Waals surface area contributed by atoms with Gasteiger partial charge in [-0.15, -0.1) is 0 Å². The predicted molar refractivity (Wildman–Crippen MR) is 93.9 cm³/mol. The maximum Gasteiger partial charge on any atom is 0.357 e. The third-order valence-electron chi connectivity index (χ3n) is 4.62. The van der Waals surface area contributed by atoms with E-state index >= 15 is 0 Å². The Morgan fingerprint density at radius 2 is 1.96 bits per heavy atom. The van der Waals surface area contributed by atoms with Gasteiger partial charge >= 0.3 is 5.97 Å². The van der Waals surface area contributed by atoms with E-state index in [2.05, 4.69) is 10.3 Å². The molecule has 25 heavy (non-hydrogen) atoms. The summed E-state index contributed by atoms with van der Waals surface area (Å²) in [7, 11) is -0.799. The van der Waals surface area contributed by atoms with Gasteiger partial charge in [-0.1, -0.05) is 12.1 Å². The highest BCUT2D eigenvalue weighted by atomic mass is 32.2. The van der Waals surface area contributed by atoms with Gasteiger partial charge in [-0.25, -0.2) is 18.2 Å². The quantitative estimate of drug-likeness (QED) is 0.826. The topological polar surface area (TPSA) is 88.6 Å². The highest BCUT2D eigenvalue weighted by Crippen LogP contribution is 2.28. The molecule has 7 nitrogen and oxygen atoms in total. The largest absolute Gasteiger partial charge is 0.464 e. The van der Waals surface area contributed by atoms with Crippen molar-refractivity contribution in [3.63, 3.8) is 0 Å². The van der Waals surface area contributed by atoms with Crippen molar-refractivity contribution in [3.05, 3.63) is 36.2 Å². The van der Waals surface area contributed by atoms with Crippen LogP contribution in [-0.2, 0) is 14.8 Å². The van der Waals surface area contributed by atoms with Crippen molar-refractivity contribution in [2.24, 2.45) is 0 Å². The number of pyridine rings is 1. The summed E-state index contributed by atoms with van der Waals surface area (Å²) in [5, 5.41) is 4.17. The first kappa shape index (κ1) is 17.8. The Bertz CT molecular complexity index is 892. The van der Waals surface area contributed by atoms with Crippen LogP contribution in [0.5, 0.6) is 0 Å². The number of rotatable bonds is 4. The lowest BCUT2D eigenvalue weighted by Crippen LogP contribution is -2.43. The number of aromatic nitrogens is 1. The van der Waals surface area contributed by atoms with Crippen LogP contribution in [0.2, 0.25) is 0 Å². The van der Waals surface area contributed by atoms with Gasteiger partial charge in [0.05, 0.1) is 12.0 Å². The highest BCUT2D eigenvalue weighted by molar-refractivity contribution is 7.89. The Hall–Kier alpha value is -2.03. The van der Waals surface area contributed by atoms with E-state index < -0.39 is 16.0 Å². The highest BCUT2D eigenvalue weighted by Gasteiger charge is 2.30. The van der Waals surface area contributed by atoms with Gasteiger partial charge in [0.1, 0.15) is 0 Å². The third-order valence-corrected chi connectivity index (χ3v) is 6.59.